The zero-order chi connectivity index (χ0) is 18.9. The van der Waals surface area contributed by atoms with Gasteiger partial charge in [0.1, 0.15) is 11.3 Å². The lowest BCUT2D eigenvalue weighted by Crippen LogP contribution is -2.38. The van der Waals surface area contributed by atoms with Gasteiger partial charge in [-0.1, -0.05) is 0 Å². The molecule has 0 aliphatic carbocycles. The lowest BCUT2D eigenvalue weighted by atomic mass is 10.2. The van der Waals surface area contributed by atoms with E-state index in [9.17, 15) is 4.79 Å². The largest absolute Gasteiger partial charge is 0.467 e. The molecule has 1 aliphatic heterocycles. The maximum Gasteiger partial charge on any atom is 0.317 e. The number of nitrogens with zero attached hydrogens (tertiary/aromatic N) is 4. The van der Waals surface area contributed by atoms with E-state index in [1.54, 1.807) is 24.8 Å². The van der Waals surface area contributed by atoms with Crippen LogP contribution in [-0.4, -0.2) is 38.6 Å². The van der Waals surface area contributed by atoms with Crippen molar-refractivity contribution >= 4 is 17.2 Å². The van der Waals surface area contributed by atoms with E-state index in [2.05, 4.69) is 14.9 Å². The molecule has 0 unspecified atom stereocenters. The Morgan fingerprint density at radius 3 is 2.89 bits per heavy atom. The van der Waals surface area contributed by atoms with Crippen LogP contribution < -0.4 is 5.32 Å². The van der Waals surface area contributed by atoms with Crippen LogP contribution in [0.5, 0.6) is 0 Å². The van der Waals surface area contributed by atoms with Crippen molar-refractivity contribution in [3.8, 4) is 11.6 Å². The molecule has 0 aromatic carbocycles. The second-order valence-electron chi connectivity index (χ2n) is 6.76. The number of hydrogen-bond donors (Lipinski definition) is 1. The topological polar surface area (TPSA) is 89.3 Å². The Kier molecular flexibility index (Phi) is 4.08. The van der Waals surface area contributed by atoms with Crippen LogP contribution in [0.15, 0.2) is 64.0 Å². The van der Waals surface area contributed by atoms with Gasteiger partial charge in [0.2, 0.25) is 0 Å². The molecule has 1 aliphatic rings. The van der Waals surface area contributed by atoms with Crippen LogP contribution in [0.2, 0.25) is 0 Å². The summed E-state index contributed by atoms with van der Waals surface area (Å²) in [5, 5.41) is 2.91. The monoisotopic (exact) mass is 377 g/mol. The fourth-order valence-corrected chi connectivity index (χ4v) is 3.68. The van der Waals surface area contributed by atoms with E-state index in [1.165, 1.54) is 0 Å². The zero-order valence-electron chi connectivity index (χ0n) is 15.1. The molecule has 8 heteroatoms. The van der Waals surface area contributed by atoms with Crippen molar-refractivity contribution in [2.75, 3.05) is 13.1 Å². The van der Waals surface area contributed by atoms with Gasteiger partial charge >= 0.3 is 6.03 Å². The highest BCUT2D eigenvalue weighted by Gasteiger charge is 2.31. The van der Waals surface area contributed by atoms with Crippen molar-refractivity contribution in [2.24, 2.45) is 0 Å². The van der Waals surface area contributed by atoms with Crippen molar-refractivity contribution in [3.05, 3.63) is 60.9 Å². The van der Waals surface area contributed by atoms with Crippen LogP contribution in [0.25, 0.3) is 22.7 Å². The smallest absolute Gasteiger partial charge is 0.317 e. The Hall–Kier alpha value is -3.55. The van der Waals surface area contributed by atoms with Gasteiger partial charge in [0.15, 0.2) is 17.2 Å². The minimum atomic E-state index is -0.101. The Balaban J connectivity index is 1.39. The van der Waals surface area contributed by atoms with Crippen molar-refractivity contribution in [2.45, 2.75) is 19.0 Å². The first kappa shape index (κ1) is 16.6. The number of likely N-dealkylation sites (tertiary alicyclic amines) is 1. The molecule has 1 N–H and O–H groups in total. The molecule has 142 valence electrons. The third-order valence-corrected chi connectivity index (χ3v) is 5.00. The molecule has 0 spiro atoms. The zero-order valence-corrected chi connectivity index (χ0v) is 15.1. The van der Waals surface area contributed by atoms with E-state index < -0.39 is 0 Å². The summed E-state index contributed by atoms with van der Waals surface area (Å²) in [5.74, 6) is 2.16. The number of imidazole rings is 1. The average molecular weight is 377 g/mol. The van der Waals surface area contributed by atoms with Crippen molar-refractivity contribution in [1.29, 1.82) is 0 Å². The van der Waals surface area contributed by atoms with Crippen molar-refractivity contribution < 1.29 is 13.6 Å². The number of pyridine rings is 1. The highest BCUT2D eigenvalue weighted by atomic mass is 16.3. The molecule has 8 nitrogen and oxygen atoms in total. The predicted molar refractivity (Wildman–Crippen MR) is 101 cm³/mol. The Bertz CT molecular complexity index is 1080. The van der Waals surface area contributed by atoms with Gasteiger partial charge < -0.3 is 23.6 Å². The summed E-state index contributed by atoms with van der Waals surface area (Å²) in [6.45, 7) is 1.62. The number of carbonyl (C=O) groups excluding carboxylic acids is 1. The second kappa shape index (κ2) is 6.88. The van der Waals surface area contributed by atoms with E-state index in [1.807, 2.05) is 35.2 Å². The molecule has 5 rings (SSSR count). The van der Waals surface area contributed by atoms with E-state index in [-0.39, 0.29) is 12.1 Å². The molecule has 0 bridgehead atoms. The number of hydrogen-bond acceptors (Lipinski definition) is 5. The van der Waals surface area contributed by atoms with Gasteiger partial charge in [-0.2, -0.15) is 0 Å². The molecule has 4 aromatic rings. The Labute approximate surface area is 160 Å². The van der Waals surface area contributed by atoms with Gasteiger partial charge in [0, 0.05) is 19.3 Å². The molecule has 28 heavy (non-hydrogen) atoms. The number of nitrogens with one attached hydrogen (secondary N) is 1. The summed E-state index contributed by atoms with van der Waals surface area (Å²) in [6.07, 6.45) is 5.81. The highest BCUT2D eigenvalue weighted by molar-refractivity contribution is 5.77. The van der Waals surface area contributed by atoms with Gasteiger partial charge in [0.25, 0.3) is 0 Å². The van der Waals surface area contributed by atoms with E-state index in [0.29, 0.717) is 25.4 Å². The summed E-state index contributed by atoms with van der Waals surface area (Å²) < 4.78 is 12.9. The molecule has 2 amide bonds. The summed E-state index contributed by atoms with van der Waals surface area (Å²) in [5.41, 5.74) is 1.62. The van der Waals surface area contributed by atoms with Crippen LogP contribution in [0.4, 0.5) is 4.79 Å². The third-order valence-electron chi connectivity index (χ3n) is 5.00. The first-order valence-corrected chi connectivity index (χ1v) is 9.21. The Morgan fingerprint density at radius 1 is 1.18 bits per heavy atom. The van der Waals surface area contributed by atoms with Crippen molar-refractivity contribution in [3.63, 3.8) is 0 Å². The maximum atomic E-state index is 12.5. The van der Waals surface area contributed by atoms with Gasteiger partial charge in [-0.3, -0.25) is 0 Å². The molecular formula is C20H19N5O3. The minimum absolute atomic E-state index is 0.0781. The first-order chi connectivity index (χ1) is 13.8. The molecule has 0 radical (unpaired) electrons. The Morgan fingerprint density at radius 2 is 2.07 bits per heavy atom. The van der Waals surface area contributed by atoms with Crippen LogP contribution in [-0.2, 0) is 6.54 Å². The fraction of sp³-hybridized carbons (Fsp3) is 0.250. The quantitative estimate of drug-likeness (QED) is 0.588. The van der Waals surface area contributed by atoms with Crippen LogP contribution in [0.3, 0.4) is 0 Å². The molecule has 1 fully saturated rings. The molecule has 4 aromatic heterocycles. The number of amides is 2. The highest BCUT2D eigenvalue weighted by Crippen LogP contribution is 2.32. The second-order valence-corrected chi connectivity index (χ2v) is 6.76. The summed E-state index contributed by atoms with van der Waals surface area (Å²) in [6, 6.07) is 11.2. The fourth-order valence-electron chi connectivity index (χ4n) is 3.68. The van der Waals surface area contributed by atoms with Crippen LogP contribution >= 0.6 is 0 Å². The van der Waals surface area contributed by atoms with Crippen molar-refractivity contribution in [1.82, 2.24) is 24.8 Å². The first-order valence-electron chi connectivity index (χ1n) is 9.21. The van der Waals surface area contributed by atoms with Crippen LogP contribution in [0, 0.1) is 0 Å². The molecule has 5 heterocycles. The summed E-state index contributed by atoms with van der Waals surface area (Å²) >= 11 is 0. The predicted octanol–water partition coefficient (Wildman–Crippen LogP) is 3.44. The lowest BCUT2D eigenvalue weighted by molar-refractivity contribution is 0.206. The summed E-state index contributed by atoms with van der Waals surface area (Å²) in [4.78, 5) is 23.6. The minimum Gasteiger partial charge on any atom is -0.467 e. The van der Waals surface area contributed by atoms with Gasteiger partial charge in [-0.15, -0.1) is 0 Å². The van der Waals surface area contributed by atoms with Crippen LogP contribution in [0.1, 0.15) is 18.2 Å². The standard InChI is InChI=1S/C20H19N5O3/c26-20(22-12-15-4-2-10-27-15)24-9-7-14(13-24)25-18-16(5-1-8-21-18)23-19(25)17-6-3-11-28-17/h1-6,8,10-11,14H,7,9,12-13H2,(H,22,26)/t14-/m1/s1. The molecule has 1 atom stereocenters. The van der Waals surface area contributed by atoms with E-state index >= 15 is 0 Å². The molecule has 0 saturated carbocycles. The van der Waals surface area contributed by atoms with Gasteiger partial charge in [-0.05, 0) is 42.8 Å². The average Bonchev–Trinajstić information content (AvgIpc) is 3.51. The SMILES string of the molecule is O=C(NCc1ccco1)N1CC[C@@H](n2c(-c3ccco3)nc3cccnc32)C1. The van der Waals surface area contributed by atoms with Gasteiger partial charge in [0.05, 0.1) is 25.1 Å². The number of furan rings is 2. The molecular weight excluding hydrogens is 358 g/mol. The number of fused-ring (bicyclic) bond motifs is 1. The lowest BCUT2D eigenvalue weighted by Gasteiger charge is -2.18. The maximum absolute atomic E-state index is 12.5. The summed E-state index contributed by atoms with van der Waals surface area (Å²) in [7, 11) is 0. The molecule has 1 saturated heterocycles. The number of rotatable bonds is 4. The number of carbonyl (C=O) groups is 1. The van der Waals surface area contributed by atoms with E-state index in [0.717, 1.165) is 29.2 Å². The van der Waals surface area contributed by atoms with Gasteiger partial charge in [-0.25, -0.2) is 14.8 Å². The normalized spacial score (nSPS) is 16.7. The van der Waals surface area contributed by atoms with E-state index in [4.69, 9.17) is 13.8 Å². The third kappa shape index (κ3) is 2.92. The number of aromatic nitrogens is 3. The number of urea groups is 1.